The zero-order valence-corrected chi connectivity index (χ0v) is 37.1. The molecule has 0 aromatic heterocycles. The Kier molecular flexibility index (Phi) is 42.4. The van der Waals surface area contributed by atoms with E-state index in [1.807, 2.05) is 0 Å². The summed E-state index contributed by atoms with van der Waals surface area (Å²) in [5, 5.41) is 58.9. The van der Waals surface area contributed by atoms with Gasteiger partial charge in [-0.25, -0.2) is 0 Å². The normalized spacial score (nSPS) is 12.1. The Hall–Kier alpha value is 3.90. The number of hydrogen-bond donors (Lipinski definition) is 4. The molecule has 0 aliphatic heterocycles. The Labute approximate surface area is 428 Å². The monoisotopic (exact) mass is 668 g/mol. The van der Waals surface area contributed by atoms with Crippen LogP contribution in [0.1, 0.15) is 25.7 Å². The molecule has 22 heteroatoms. The number of hydrogen-bond acceptors (Lipinski definition) is 14. The summed E-state index contributed by atoms with van der Waals surface area (Å²) in [5.41, 5.74) is 5.05. The number of nitrogens with two attached hydrogens (primary N) is 1. The summed E-state index contributed by atoms with van der Waals surface area (Å²) in [6.45, 7) is 0. The van der Waals surface area contributed by atoms with E-state index in [1.165, 1.54) is 0 Å². The van der Waals surface area contributed by atoms with Crippen LogP contribution in [-0.2, 0) is 38.4 Å². The molecule has 5 N–H and O–H groups in total. The Balaban J connectivity index is -0.000000512. The average Bonchev–Trinajstić information content (AvgIpc) is 2.65. The van der Waals surface area contributed by atoms with Gasteiger partial charge in [0, 0.05) is 31.2 Å². The van der Waals surface area contributed by atoms with Gasteiger partial charge in [0.25, 0.3) is 0 Å². The number of nitrogens with one attached hydrogen (secondary N) is 3. The molecule has 0 radical (unpaired) electrons. The van der Waals surface area contributed by atoms with Crippen molar-refractivity contribution in [1.29, 1.82) is 0 Å². The first-order chi connectivity index (χ1) is 15.1. The first-order valence-electron chi connectivity index (χ1n) is 8.80. The van der Waals surface area contributed by atoms with Crippen LogP contribution in [0.5, 0.6) is 0 Å². The number of carboxylic acids is 5. The van der Waals surface area contributed by atoms with Crippen LogP contribution in [-0.4, -0.2) is 71.7 Å². The van der Waals surface area contributed by atoms with Gasteiger partial charge in [0.2, 0.25) is 17.7 Å². The fourth-order valence-corrected chi connectivity index (χ4v) is 2.18. The number of carbonyl (C=O) groups excluding carboxylic acids is 8. The van der Waals surface area contributed by atoms with Crippen LogP contribution in [0.2, 0.25) is 0 Å². The summed E-state index contributed by atoms with van der Waals surface area (Å²) >= 11 is 0. The fourth-order valence-electron chi connectivity index (χ4n) is 2.18. The minimum Gasteiger partial charge on any atom is -0.550 e. The number of amides is 3. The van der Waals surface area contributed by atoms with Crippen molar-refractivity contribution in [2.45, 2.75) is 49.9 Å². The third-order valence-electron chi connectivity index (χ3n) is 3.71. The van der Waals surface area contributed by atoms with Gasteiger partial charge in [-0.2, -0.15) is 0 Å². The zero-order chi connectivity index (χ0) is 25.9. The van der Waals surface area contributed by atoms with Gasteiger partial charge in [-0.3, -0.25) is 14.4 Å². The van der Waals surface area contributed by atoms with E-state index in [4.69, 9.17) is 5.73 Å². The van der Waals surface area contributed by atoms with Crippen LogP contribution in [0, 0.1) is 0 Å². The third-order valence-corrected chi connectivity index (χ3v) is 3.71. The van der Waals surface area contributed by atoms with E-state index in [2.05, 4.69) is 0 Å². The SMILES string of the molecule is NC(CC(=O)NC(CC(=O)NC(CC(=O)[O-])C(=O)NC(CC(=O)[O-])C(=O)[O-])C(=O)[O-])C(=O)[O-].[K+].[K+].[K+].[K+].[K+]. The van der Waals surface area contributed by atoms with Crippen LogP contribution in [0.3, 0.4) is 0 Å². The minimum absolute atomic E-state index is 0. The van der Waals surface area contributed by atoms with Crippen molar-refractivity contribution in [2.75, 3.05) is 0 Å². The summed E-state index contributed by atoms with van der Waals surface area (Å²) in [7, 11) is 0. The first-order valence-corrected chi connectivity index (χ1v) is 8.80. The van der Waals surface area contributed by atoms with E-state index < -0.39 is 97.4 Å². The molecule has 0 aromatic rings. The molecule has 3 amide bonds. The second-order valence-corrected chi connectivity index (χ2v) is 6.43. The Morgan fingerprint density at radius 3 is 1.21 bits per heavy atom. The van der Waals surface area contributed by atoms with Crippen molar-refractivity contribution >= 4 is 47.6 Å². The molecular weight excluding hydrogens is 652 g/mol. The van der Waals surface area contributed by atoms with E-state index >= 15 is 0 Å². The first kappa shape index (κ1) is 54.4. The van der Waals surface area contributed by atoms with Crippen LogP contribution in [0.15, 0.2) is 0 Å². The van der Waals surface area contributed by atoms with Crippen LogP contribution in [0.25, 0.3) is 0 Å². The fraction of sp³-hybridized carbons (Fsp3) is 0.500. The molecular formula is C16H17K5N4O13. The predicted octanol–water partition coefficient (Wildman–Crippen LogP) is -25.9. The topological polar surface area (TPSA) is 314 Å². The average molecular weight is 669 g/mol. The molecule has 4 atom stereocenters. The van der Waals surface area contributed by atoms with Crippen molar-refractivity contribution in [2.24, 2.45) is 5.73 Å². The summed E-state index contributed by atoms with van der Waals surface area (Å²) in [6.07, 6.45) is -4.57. The Morgan fingerprint density at radius 2 is 0.842 bits per heavy atom. The largest absolute Gasteiger partial charge is 1.00 e. The van der Waals surface area contributed by atoms with E-state index in [-0.39, 0.29) is 257 Å². The number of carboxylic acid groups (broad SMARTS) is 5. The Bertz CT molecular complexity index is 849. The maximum Gasteiger partial charge on any atom is 1.00 e. The Morgan fingerprint density at radius 1 is 0.500 bits per heavy atom. The molecule has 0 bridgehead atoms. The van der Waals surface area contributed by atoms with Crippen LogP contribution >= 0.6 is 0 Å². The molecule has 4 unspecified atom stereocenters. The van der Waals surface area contributed by atoms with Crippen LogP contribution < -0.4 is 304 Å². The smallest absolute Gasteiger partial charge is 0.550 e. The van der Waals surface area contributed by atoms with Crippen LogP contribution in [0.4, 0.5) is 0 Å². The zero-order valence-electron chi connectivity index (χ0n) is 21.5. The van der Waals surface area contributed by atoms with E-state index in [0.29, 0.717) is 0 Å². The maximum absolute atomic E-state index is 12.1. The molecule has 0 heterocycles. The van der Waals surface area contributed by atoms with E-state index in [0.717, 1.165) is 0 Å². The molecule has 38 heavy (non-hydrogen) atoms. The number of carbonyl (C=O) groups is 8. The van der Waals surface area contributed by atoms with Crippen molar-refractivity contribution in [3.8, 4) is 0 Å². The quantitative estimate of drug-likeness (QED) is 0.118. The molecule has 184 valence electrons. The van der Waals surface area contributed by atoms with Gasteiger partial charge in [-0.1, -0.05) is 0 Å². The van der Waals surface area contributed by atoms with Gasteiger partial charge < -0.3 is 71.2 Å². The second kappa shape index (κ2) is 29.6. The van der Waals surface area contributed by atoms with E-state index in [9.17, 15) is 63.9 Å². The van der Waals surface area contributed by atoms with Crippen molar-refractivity contribution < 1.29 is 321 Å². The summed E-state index contributed by atoms with van der Waals surface area (Å²) in [4.78, 5) is 89.7. The van der Waals surface area contributed by atoms with Gasteiger partial charge in [0.15, 0.2) is 0 Å². The summed E-state index contributed by atoms with van der Waals surface area (Å²) < 4.78 is 0. The molecule has 0 aliphatic rings. The molecule has 0 rings (SSSR count). The standard InChI is InChI=1S/C16H22N4O13.5K/c17-5(14(28)29)1-9(21)19-7(15(30)31)2-10(22)18-6(3-11(23)24)13(27)20-8(16(32)33)4-12(25)26;;;;;/h5-8H,1-4,17H2,(H,18,22)(H,19,21)(H,20,27)(H,23,24)(H,25,26)(H,28,29)(H,30,31)(H,32,33);;;;;/q;5*+1/p-5. The molecule has 0 fully saturated rings. The molecule has 0 saturated carbocycles. The number of aliphatic carboxylic acids is 5. The van der Waals surface area contributed by atoms with Gasteiger partial charge in [-0.05, 0) is 0 Å². The number of rotatable bonds is 15. The summed E-state index contributed by atoms with van der Waals surface area (Å²) in [6, 6.07) is -8.09. The molecule has 17 nitrogen and oxygen atoms in total. The van der Waals surface area contributed by atoms with Gasteiger partial charge in [0.1, 0.15) is 6.04 Å². The van der Waals surface area contributed by atoms with Crippen molar-refractivity contribution in [1.82, 2.24) is 16.0 Å². The molecule has 0 aromatic carbocycles. The molecule has 0 spiro atoms. The summed E-state index contributed by atoms with van der Waals surface area (Å²) in [5.74, 6) is -13.8. The second-order valence-electron chi connectivity index (χ2n) is 6.43. The van der Waals surface area contributed by atoms with Crippen molar-refractivity contribution in [3.63, 3.8) is 0 Å². The minimum atomic E-state index is -2.16. The molecule has 0 saturated heterocycles. The van der Waals surface area contributed by atoms with Gasteiger partial charge >= 0.3 is 257 Å². The third kappa shape index (κ3) is 26.3. The molecule has 0 aliphatic carbocycles. The predicted molar refractivity (Wildman–Crippen MR) is 87.3 cm³/mol. The van der Waals surface area contributed by atoms with E-state index in [1.54, 1.807) is 16.0 Å². The maximum atomic E-state index is 12.1. The van der Waals surface area contributed by atoms with Gasteiger partial charge in [0.05, 0.1) is 42.5 Å². The van der Waals surface area contributed by atoms with Gasteiger partial charge in [-0.15, -0.1) is 0 Å². The van der Waals surface area contributed by atoms with Crippen molar-refractivity contribution in [3.05, 3.63) is 0 Å².